The third kappa shape index (κ3) is 4.15. The van der Waals surface area contributed by atoms with E-state index in [1.54, 1.807) is 24.3 Å². The Bertz CT molecular complexity index is 834. The van der Waals surface area contributed by atoms with Crippen LogP contribution in [-0.4, -0.2) is 5.91 Å². The first kappa shape index (κ1) is 16.1. The number of halogens is 1. The van der Waals surface area contributed by atoms with E-state index in [2.05, 4.69) is 5.32 Å². The van der Waals surface area contributed by atoms with Gasteiger partial charge in [-0.3, -0.25) is 4.79 Å². The van der Waals surface area contributed by atoms with Crippen molar-refractivity contribution in [2.75, 3.05) is 0 Å². The molecular weight excluding hydrogens is 322 g/mol. The summed E-state index contributed by atoms with van der Waals surface area (Å²) in [5, 5.41) is 3.51. The van der Waals surface area contributed by atoms with Gasteiger partial charge in [0.2, 0.25) is 0 Å². The Morgan fingerprint density at radius 3 is 2.38 bits per heavy atom. The average Bonchev–Trinajstić information content (AvgIpc) is 2.62. The van der Waals surface area contributed by atoms with Gasteiger partial charge < -0.3 is 10.1 Å². The number of rotatable bonds is 5. The molecule has 0 heterocycles. The molecule has 1 N–H and O–H groups in total. The lowest BCUT2D eigenvalue weighted by Crippen LogP contribution is -2.22. The van der Waals surface area contributed by atoms with Crippen LogP contribution in [0.2, 0.25) is 5.02 Å². The third-order valence-corrected chi connectivity index (χ3v) is 3.84. The van der Waals surface area contributed by atoms with Crippen molar-refractivity contribution in [3.05, 3.63) is 95.0 Å². The standard InChI is InChI=1S/C20H16ClNO2/c21-19-12-5-4-7-16(19)14-22-20(23)15-8-6-11-18(13-15)24-17-9-2-1-3-10-17/h1-13H,14H2,(H,22,23). The van der Waals surface area contributed by atoms with Crippen LogP contribution in [0.15, 0.2) is 78.9 Å². The second kappa shape index (κ2) is 7.66. The molecule has 3 rings (SSSR count). The topological polar surface area (TPSA) is 38.3 Å². The molecule has 0 bridgehead atoms. The van der Waals surface area contributed by atoms with Gasteiger partial charge in [-0.1, -0.05) is 54.1 Å². The molecule has 1 amide bonds. The maximum absolute atomic E-state index is 12.3. The maximum Gasteiger partial charge on any atom is 0.251 e. The molecular formula is C20H16ClNO2. The Balaban J connectivity index is 1.67. The normalized spacial score (nSPS) is 10.2. The van der Waals surface area contributed by atoms with Crippen molar-refractivity contribution < 1.29 is 9.53 Å². The van der Waals surface area contributed by atoms with E-state index in [1.807, 2.05) is 54.6 Å². The molecule has 0 aliphatic carbocycles. The van der Waals surface area contributed by atoms with E-state index >= 15 is 0 Å². The third-order valence-electron chi connectivity index (χ3n) is 3.47. The van der Waals surface area contributed by atoms with Gasteiger partial charge in [-0.2, -0.15) is 0 Å². The van der Waals surface area contributed by atoms with Gasteiger partial charge in [0.1, 0.15) is 11.5 Å². The first-order valence-electron chi connectivity index (χ1n) is 7.57. The van der Waals surface area contributed by atoms with E-state index < -0.39 is 0 Å². The molecule has 0 spiro atoms. The van der Waals surface area contributed by atoms with Crippen molar-refractivity contribution in [2.45, 2.75) is 6.54 Å². The number of para-hydroxylation sites is 1. The summed E-state index contributed by atoms with van der Waals surface area (Å²) >= 11 is 6.10. The molecule has 0 aliphatic rings. The fraction of sp³-hybridized carbons (Fsp3) is 0.0500. The summed E-state index contributed by atoms with van der Waals surface area (Å²) in [6, 6.07) is 24.0. The molecule has 0 saturated heterocycles. The van der Waals surface area contributed by atoms with Gasteiger partial charge in [0.25, 0.3) is 5.91 Å². The van der Waals surface area contributed by atoms with Gasteiger partial charge in [0, 0.05) is 17.1 Å². The maximum atomic E-state index is 12.3. The highest BCUT2D eigenvalue weighted by atomic mass is 35.5. The van der Waals surface area contributed by atoms with Crippen molar-refractivity contribution >= 4 is 17.5 Å². The predicted octanol–water partition coefficient (Wildman–Crippen LogP) is 5.06. The minimum Gasteiger partial charge on any atom is -0.457 e. The molecule has 3 aromatic carbocycles. The van der Waals surface area contributed by atoms with E-state index in [1.165, 1.54) is 0 Å². The summed E-state index contributed by atoms with van der Waals surface area (Å²) in [4.78, 5) is 12.3. The highest BCUT2D eigenvalue weighted by Crippen LogP contribution is 2.22. The van der Waals surface area contributed by atoms with Gasteiger partial charge >= 0.3 is 0 Å². The lowest BCUT2D eigenvalue weighted by Gasteiger charge is -2.09. The Kier molecular flexibility index (Phi) is 5.14. The van der Waals surface area contributed by atoms with Crippen LogP contribution in [0.3, 0.4) is 0 Å². The number of carbonyl (C=O) groups is 1. The largest absolute Gasteiger partial charge is 0.457 e. The van der Waals surface area contributed by atoms with Gasteiger partial charge in [0.05, 0.1) is 0 Å². The van der Waals surface area contributed by atoms with Crippen LogP contribution in [-0.2, 0) is 6.54 Å². The van der Waals surface area contributed by atoms with Crippen molar-refractivity contribution in [2.24, 2.45) is 0 Å². The highest BCUT2D eigenvalue weighted by Gasteiger charge is 2.08. The predicted molar refractivity (Wildman–Crippen MR) is 95.6 cm³/mol. The fourth-order valence-corrected chi connectivity index (χ4v) is 2.45. The first-order valence-corrected chi connectivity index (χ1v) is 7.95. The Labute approximate surface area is 145 Å². The van der Waals surface area contributed by atoms with Gasteiger partial charge in [-0.15, -0.1) is 0 Å². The first-order chi connectivity index (χ1) is 11.7. The van der Waals surface area contributed by atoms with Crippen molar-refractivity contribution in [3.63, 3.8) is 0 Å². The molecule has 0 atom stereocenters. The van der Waals surface area contributed by atoms with Crippen LogP contribution < -0.4 is 10.1 Å². The van der Waals surface area contributed by atoms with Gasteiger partial charge in [-0.05, 0) is 42.0 Å². The van der Waals surface area contributed by atoms with Crippen LogP contribution in [0.1, 0.15) is 15.9 Å². The van der Waals surface area contributed by atoms with E-state index in [4.69, 9.17) is 16.3 Å². The zero-order valence-corrected chi connectivity index (χ0v) is 13.7. The summed E-state index contributed by atoms with van der Waals surface area (Å²) < 4.78 is 5.75. The SMILES string of the molecule is O=C(NCc1ccccc1Cl)c1cccc(Oc2ccccc2)c1. The monoisotopic (exact) mass is 337 g/mol. The Morgan fingerprint density at radius 1 is 0.875 bits per heavy atom. The second-order valence-electron chi connectivity index (χ2n) is 5.22. The van der Waals surface area contributed by atoms with Crippen molar-refractivity contribution in [1.82, 2.24) is 5.32 Å². The average molecular weight is 338 g/mol. The fourth-order valence-electron chi connectivity index (χ4n) is 2.24. The number of amides is 1. The summed E-state index contributed by atoms with van der Waals surface area (Å²) in [5.74, 6) is 1.17. The molecule has 0 radical (unpaired) electrons. The van der Waals surface area contributed by atoms with Crippen LogP contribution in [0, 0.1) is 0 Å². The van der Waals surface area contributed by atoms with Crippen LogP contribution in [0.4, 0.5) is 0 Å². The van der Waals surface area contributed by atoms with Gasteiger partial charge in [0.15, 0.2) is 0 Å². The zero-order valence-electron chi connectivity index (χ0n) is 12.9. The molecule has 120 valence electrons. The minimum atomic E-state index is -0.173. The van der Waals surface area contributed by atoms with E-state index in [-0.39, 0.29) is 5.91 Å². The number of hydrogen-bond acceptors (Lipinski definition) is 2. The lowest BCUT2D eigenvalue weighted by molar-refractivity contribution is 0.0950. The molecule has 0 saturated carbocycles. The molecule has 0 fully saturated rings. The molecule has 24 heavy (non-hydrogen) atoms. The summed E-state index contributed by atoms with van der Waals surface area (Å²) in [6.07, 6.45) is 0. The van der Waals surface area contributed by atoms with Crippen molar-refractivity contribution in [1.29, 1.82) is 0 Å². The number of ether oxygens (including phenoxy) is 1. The number of nitrogens with one attached hydrogen (secondary N) is 1. The Hall–Kier alpha value is -2.78. The summed E-state index contributed by atoms with van der Waals surface area (Å²) in [6.45, 7) is 0.377. The van der Waals surface area contributed by atoms with E-state index in [0.29, 0.717) is 22.9 Å². The zero-order chi connectivity index (χ0) is 16.8. The quantitative estimate of drug-likeness (QED) is 0.706. The van der Waals surface area contributed by atoms with Crippen LogP contribution >= 0.6 is 11.6 Å². The molecule has 3 aromatic rings. The molecule has 0 aromatic heterocycles. The lowest BCUT2D eigenvalue weighted by atomic mass is 10.2. The smallest absolute Gasteiger partial charge is 0.251 e. The van der Waals surface area contributed by atoms with Crippen LogP contribution in [0.5, 0.6) is 11.5 Å². The van der Waals surface area contributed by atoms with Gasteiger partial charge in [-0.25, -0.2) is 0 Å². The second-order valence-corrected chi connectivity index (χ2v) is 5.62. The minimum absolute atomic E-state index is 0.173. The van der Waals surface area contributed by atoms with E-state index in [9.17, 15) is 4.79 Å². The number of benzene rings is 3. The molecule has 0 unspecified atom stereocenters. The van der Waals surface area contributed by atoms with Crippen molar-refractivity contribution in [3.8, 4) is 11.5 Å². The number of carbonyl (C=O) groups excluding carboxylic acids is 1. The molecule has 3 nitrogen and oxygen atoms in total. The Morgan fingerprint density at radius 2 is 1.58 bits per heavy atom. The van der Waals surface area contributed by atoms with E-state index in [0.717, 1.165) is 11.3 Å². The highest BCUT2D eigenvalue weighted by molar-refractivity contribution is 6.31. The van der Waals surface area contributed by atoms with Crippen LogP contribution in [0.25, 0.3) is 0 Å². The molecule has 4 heteroatoms. The summed E-state index contributed by atoms with van der Waals surface area (Å²) in [5.41, 5.74) is 1.42. The number of hydrogen-bond donors (Lipinski definition) is 1. The molecule has 0 aliphatic heterocycles. The summed E-state index contributed by atoms with van der Waals surface area (Å²) in [7, 11) is 0.